The van der Waals surface area contributed by atoms with Gasteiger partial charge < -0.3 is 5.11 Å². The van der Waals surface area contributed by atoms with Gasteiger partial charge in [-0.15, -0.1) is 11.3 Å². The van der Waals surface area contributed by atoms with Gasteiger partial charge in [-0.25, -0.2) is 14.5 Å². The molecular weight excluding hydrogens is 226 g/mol. The number of carboxylic acid groups (broad SMARTS) is 1. The molecule has 1 N–H and O–H groups in total. The van der Waals surface area contributed by atoms with E-state index in [4.69, 9.17) is 5.11 Å². The van der Waals surface area contributed by atoms with Crippen molar-refractivity contribution in [3.8, 4) is 5.13 Å². The van der Waals surface area contributed by atoms with Crippen molar-refractivity contribution < 1.29 is 9.90 Å². The van der Waals surface area contributed by atoms with Crippen LogP contribution in [0.2, 0.25) is 0 Å². The molecule has 6 heteroatoms. The maximum absolute atomic E-state index is 10.9. The lowest BCUT2D eigenvalue weighted by Gasteiger charge is -1.92. The molecule has 0 radical (unpaired) electrons. The number of carboxylic acids is 1. The fourth-order valence-electron chi connectivity index (χ4n) is 1.33. The molecule has 0 atom stereocenters. The number of thiazole rings is 1. The Labute approximate surface area is 96.4 Å². The number of rotatable bonds is 3. The van der Waals surface area contributed by atoms with Crippen LogP contribution in [0.25, 0.3) is 5.13 Å². The molecule has 5 nitrogen and oxygen atoms in total. The number of nitrogens with zero attached hydrogens (tertiary/aromatic N) is 3. The molecule has 0 aliphatic carbocycles. The highest BCUT2D eigenvalue weighted by molar-refractivity contribution is 7.12. The lowest BCUT2D eigenvalue weighted by Crippen LogP contribution is -1.96. The molecule has 0 spiro atoms. The molecule has 0 aromatic carbocycles. The summed E-state index contributed by atoms with van der Waals surface area (Å²) in [5, 5.41) is 15.7. The Kier molecular flexibility index (Phi) is 2.74. The zero-order valence-corrected chi connectivity index (χ0v) is 9.78. The quantitative estimate of drug-likeness (QED) is 0.885. The van der Waals surface area contributed by atoms with Gasteiger partial charge >= 0.3 is 5.97 Å². The van der Waals surface area contributed by atoms with Gasteiger partial charge in [0.2, 0.25) is 5.13 Å². The SMILES string of the molecule is CCc1csc(-n2cc(C(=O)O)c(C)n2)n1. The molecule has 0 aliphatic rings. The van der Waals surface area contributed by atoms with Gasteiger partial charge in [0.15, 0.2) is 0 Å². The van der Waals surface area contributed by atoms with Crippen molar-refractivity contribution in [2.75, 3.05) is 0 Å². The molecule has 2 aromatic rings. The highest BCUT2D eigenvalue weighted by Crippen LogP contribution is 2.16. The van der Waals surface area contributed by atoms with Crippen molar-refractivity contribution in [3.63, 3.8) is 0 Å². The predicted octanol–water partition coefficient (Wildman–Crippen LogP) is 1.90. The Bertz CT molecular complexity index is 530. The Morgan fingerprint density at radius 3 is 2.88 bits per heavy atom. The third kappa shape index (κ3) is 1.83. The summed E-state index contributed by atoms with van der Waals surface area (Å²) in [5.74, 6) is -0.962. The minimum absolute atomic E-state index is 0.216. The minimum Gasteiger partial charge on any atom is -0.478 e. The van der Waals surface area contributed by atoms with E-state index < -0.39 is 5.97 Å². The first-order chi connectivity index (χ1) is 7.61. The standard InChI is InChI=1S/C10H11N3O2S/c1-3-7-5-16-10(11-7)13-4-8(9(14)15)6(2)12-13/h4-5H,3H2,1-2H3,(H,14,15). The Morgan fingerprint density at radius 2 is 2.38 bits per heavy atom. The summed E-state index contributed by atoms with van der Waals surface area (Å²) in [6, 6.07) is 0. The van der Waals surface area contributed by atoms with Crippen molar-refractivity contribution >= 4 is 17.3 Å². The molecular formula is C10H11N3O2S. The first-order valence-electron chi connectivity index (χ1n) is 4.86. The first-order valence-corrected chi connectivity index (χ1v) is 5.74. The smallest absolute Gasteiger partial charge is 0.339 e. The molecule has 0 aliphatic heterocycles. The third-order valence-electron chi connectivity index (χ3n) is 2.23. The van der Waals surface area contributed by atoms with Crippen LogP contribution in [-0.4, -0.2) is 25.8 Å². The topological polar surface area (TPSA) is 68.0 Å². The van der Waals surface area contributed by atoms with E-state index in [-0.39, 0.29) is 5.56 Å². The summed E-state index contributed by atoms with van der Waals surface area (Å²) in [6.07, 6.45) is 2.36. The second-order valence-electron chi connectivity index (χ2n) is 3.35. The lowest BCUT2D eigenvalue weighted by molar-refractivity contribution is 0.0696. The van der Waals surface area contributed by atoms with Crippen LogP contribution in [0.5, 0.6) is 0 Å². The summed E-state index contributed by atoms with van der Waals surface area (Å²) in [5.41, 5.74) is 1.71. The van der Waals surface area contributed by atoms with Gasteiger partial charge in [-0.05, 0) is 13.3 Å². The van der Waals surface area contributed by atoms with E-state index in [1.165, 1.54) is 22.2 Å². The van der Waals surface area contributed by atoms with E-state index in [0.29, 0.717) is 10.8 Å². The van der Waals surface area contributed by atoms with Gasteiger partial charge in [0.05, 0.1) is 11.4 Å². The first kappa shape index (κ1) is 10.8. The molecule has 0 saturated heterocycles. The van der Waals surface area contributed by atoms with E-state index in [9.17, 15) is 4.79 Å². The summed E-state index contributed by atoms with van der Waals surface area (Å²) >= 11 is 1.46. The normalized spacial score (nSPS) is 10.6. The van der Waals surface area contributed by atoms with Crippen LogP contribution < -0.4 is 0 Å². The number of aromatic carboxylic acids is 1. The fourth-order valence-corrected chi connectivity index (χ4v) is 2.16. The summed E-state index contributed by atoms with van der Waals surface area (Å²) in [4.78, 5) is 15.2. The summed E-state index contributed by atoms with van der Waals surface area (Å²) in [6.45, 7) is 3.70. The van der Waals surface area contributed by atoms with Crippen LogP contribution in [0.15, 0.2) is 11.6 Å². The average Bonchev–Trinajstić information content (AvgIpc) is 2.83. The molecule has 2 rings (SSSR count). The Morgan fingerprint density at radius 1 is 1.62 bits per heavy atom. The highest BCUT2D eigenvalue weighted by atomic mass is 32.1. The lowest BCUT2D eigenvalue weighted by atomic mass is 10.3. The maximum Gasteiger partial charge on any atom is 0.339 e. The second kappa shape index (κ2) is 4.05. The monoisotopic (exact) mass is 237 g/mol. The molecule has 0 unspecified atom stereocenters. The molecule has 2 aromatic heterocycles. The zero-order chi connectivity index (χ0) is 11.7. The van der Waals surface area contributed by atoms with Gasteiger partial charge in [0, 0.05) is 11.6 Å². The number of hydrogen-bond acceptors (Lipinski definition) is 4. The van der Waals surface area contributed by atoms with Crippen molar-refractivity contribution in [1.29, 1.82) is 0 Å². The van der Waals surface area contributed by atoms with E-state index >= 15 is 0 Å². The van der Waals surface area contributed by atoms with Crippen molar-refractivity contribution in [2.24, 2.45) is 0 Å². The van der Waals surface area contributed by atoms with E-state index in [0.717, 1.165) is 12.1 Å². The number of hydrogen-bond donors (Lipinski definition) is 1. The molecule has 0 fully saturated rings. The molecule has 0 amide bonds. The van der Waals surface area contributed by atoms with Gasteiger partial charge in [0.25, 0.3) is 0 Å². The molecule has 0 bridgehead atoms. The van der Waals surface area contributed by atoms with Crippen LogP contribution in [0.3, 0.4) is 0 Å². The van der Waals surface area contributed by atoms with Gasteiger partial charge in [-0.2, -0.15) is 5.10 Å². The maximum atomic E-state index is 10.9. The van der Waals surface area contributed by atoms with E-state index in [2.05, 4.69) is 10.1 Å². The third-order valence-corrected chi connectivity index (χ3v) is 3.11. The Balaban J connectivity index is 2.41. The highest BCUT2D eigenvalue weighted by Gasteiger charge is 2.13. The van der Waals surface area contributed by atoms with Crippen LogP contribution in [0.1, 0.15) is 28.7 Å². The molecule has 16 heavy (non-hydrogen) atoms. The largest absolute Gasteiger partial charge is 0.478 e. The summed E-state index contributed by atoms with van der Waals surface area (Å²) < 4.78 is 1.52. The average molecular weight is 237 g/mol. The van der Waals surface area contributed by atoms with Crippen molar-refractivity contribution in [2.45, 2.75) is 20.3 Å². The van der Waals surface area contributed by atoms with Gasteiger partial charge in [-0.1, -0.05) is 6.92 Å². The number of carbonyl (C=O) groups is 1. The predicted molar refractivity (Wildman–Crippen MR) is 60.3 cm³/mol. The second-order valence-corrected chi connectivity index (χ2v) is 4.19. The van der Waals surface area contributed by atoms with Crippen LogP contribution in [0.4, 0.5) is 0 Å². The molecule has 2 heterocycles. The molecule has 0 saturated carbocycles. The zero-order valence-electron chi connectivity index (χ0n) is 8.97. The van der Waals surface area contributed by atoms with E-state index in [1.54, 1.807) is 6.92 Å². The number of aromatic nitrogens is 3. The fraction of sp³-hybridized carbons (Fsp3) is 0.300. The van der Waals surface area contributed by atoms with Gasteiger partial charge in [0.1, 0.15) is 5.56 Å². The van der Waals surface area contributed by atoms with Crippen molar-refractivity contribution in [3.05, 3.63) is 28.5 Å². The van der Waals surface area contributed by atoms with Crippen molar-refractivity contribution in [1.82, 2.24) is 14.8 Å². The Hall–Kier alpha value is -1.69. The van der Waals surface area contributed by atoms with Crippen LogP contribution in [0, 0.1) is 6.92 Å². The van der Waals surface area contributed by atoms with E-state index in [1.807, 2.05) is 12.3 Å². The number of aryl methyl sites for hydroxylation is 2. The minimum atomic E-state index is -0.962. The van der Waals surface area contributed by atoms with Crippen LogP contribution in [-0.2, 0) is 6.42 Å². The summed E-state index contributed by atoms with van der Waals surface area (Å²) in [7, 11) is 0. The van der Waals surface area contributed by atoms with Crippen LogP contribution >= 0.6 is 11.3 Å². The molecule has 84 valence electrons. The van der Waals surface area contributed by atoms with Gasteiger partial charge in [-0.3, -0.25) is 0 Å².